The van der Waals surface area contributed by atoms with Gasteiger partial charge >= 0.3 is 0 Å². The Balaban J connectivity index is 1.52. The fourth-order valence-corrected chi connectivity index (χ4v) is 6.67. The molecule has 3 heteroatoms. The van der Waals surface area contributed by atoms with Crippen molar-refractivity contribution in [1.29, 1.82) is 0 Å². The Morgan fingerprint density at radius 2 is 1.18 bits per heavy atom. The van der Waals surface area contributed by atoms with Gasteiger partial charge in [-0.25, -0.2) is 0 Å². The van der Waals surface area contributed by atoms with E-state index in [4.69, 9.17) is 0 Å². The van der Waals surface area contributed by atoms with Crippen LogP contribution in [0.4, 0.5) is 0 Å². The predicted molar refractivity (Wildman–Crippen MR) is 167 cm³/mol. The summed E-state index contributed by atoms with van der Waals surface area (Å²) in [6, 6.07) is 46.3. The smallest absolute Gasteiger partial charge is 0.0640 e. The Kier molecular flexibility index (Phi) is 4.33. The summed E-state index contributed by atoms with van der Waals surface area (Å²) in [5.74, 6) is 0. The lowest BCUT2D eigenvalue weighted by atomic mass is 10.0. The highest BCUT2D eigenvalue weighted by Crippen LogP contribution is 2.42. The van der Waals surface area contributed by atoms with Gasteiger partial charge in [-0.05, 0) is 65.0 Å². The van der Waals surface area contributed by atoms with Gasteiger partial charge in [0.25, 0.3) is 0 Å². The van der Waals surface area contributed by atoms with Crippen LogP contribution in [0.1, 0.15) is 0 Å². The van der Waals surface area contributed by atoms with E-state index in [1.807, 2.05) is 12.4 Å². The molecule has 40 heavy (non-hydrogen) atoms. The summed E-state index contributed by atoms with van der Waals surface area (Å²) in [6.45, 7) is 0. The summed E-state index contributed by atoms with van der Waals surface area (Å²) in [6.07, 6.45) is 3.71. The van der Waals surface area contributed by atoms with Crippen molar-refractivity contribution < 1.29 is 0 Å². The fraction of sp³-hybridized carbons (Fsp3) is 0. The number of hydrogen-bond donors (Lipinski definition) is 0. The number of benzene rings is 5. The van der Waals surface area contributed by atoms with Crippen LogP contribution in [0.5, 0.6) is 0 Å². The van der Waals surface area contributed by atoms with E-state index in [0.717, 1.165) is 11.3 Å². The monoisotopic (exact) mass is 509 g/mol. The molecule has 9 rings (SSSR count). The first-order valence-electron chi connectivity index (χ1n) is 13.6. The molecule has 4 aromatic heterocycles. The van der Waals surface area contributed by atoms with Gasteiger partial charge < -0.3 is 8.97 Å². The lowest BCUT2D eigenvalue weighted by Gasteiger charge is -2.15. The van der Waals surface area contributed by atoms with Gasteiger partial charge in [0.1, 0.15) is 0 Å². The minimum atomic E-state index is 1.15. The lowest BCUT2D eigenvalue weighted by molar-refractivity contribution is 1.19. The number of pyridine rings is 2. The Morgan fingerprint density at radius 1 is 0.450 bits per heavy atom. The minimum absolute atomic E-state index is 1.15. The standard InChI is InChI=1S/C37H23N3/c1-5-14-32-26(8-1)23-35-28-11-2-3-13-30(28)36-34(40(32)35)17-16-31-29-12-4-6-15-33(29)39(37(31)36)27-10-7-9-25(22-27)24-18-20-38-21-19-24/h1-23H. The fourth-order valence-electron chi connectivity index (χ4n) is 6.67. The van der Waals surface area contributed by atoms with Crippen LogP contribution in [0.25, 0.3) is 76.7 Å². The van der Waals surface area contributed by atoms with Crippen LogP contribution in [-0.2, 0) is 0 Å². The molecule has 0 radical (unpaired) electrons. The van der Waals surface area contributed by atoms with Crippen molar-refractivity contribution in [3.8, 4) is 16.8 Å². The van der Waals surface area contributed by atoms with E-state index in [1.54, 1.807) is 0 Å². The van der Waals surface area contributed by atoms with Gasteiger partial charge in [-0.2, -0.15) is 0 Å². The number of nitrogens with zero attached hydrogens (tertiary/aromatic N) is 3. The molecule has 0 saturated heterocycles. The molecule has 186 valence electrons. The average molecular weight is 510 g/mol. The van der Waals surface area contributed by atoms with Crippen molar-refractivity contribution >= 4 is 59.9 Å². The summed E-state index contributed by atoms with van der Waals surface area (Å²) in [7, 11) is 0. The summed E-state index contributed by atoms with van der Waals surface area (Å²) in [5, 5.41) is 7.58. The summed E-state index contributed by atoms with van der Waals surface area (Å²) < 4.78 is 4.91. The van der Waals surface area contributed by atoms with Crippen molar-refractivity contribution in [2.45, 2.75) is 0 Å². The van der Waals surface area contributed by atoms with E-state index < -0.39 is 0 Å². The van der Waals surface area contributed by atoms with E-state index in [-0.39, 0.29) is 0 Å². The van der Waals surface area contributed by atoms with Crippen molar-refractivity contribution in [3.63, 3.8) is 0 Å². The number of fused-ring (bicyclic) bond motifs is 12. The van der Waals surface area contributed by atoms with Crippen LogP contribution >= 0.6 is 0 Å². The quantitative estimate of drug-likeness (QED) is 0.213. The highest BCUT2D eigenvalue weighted by molar-refractivity contribution is 6.27. The molecule has 5 aromatic carbocycles. The molecule has 0 atom stereocenters. The van der Waals surface area contributed by atoms with Gasteiger partial charge in [0.15, 0.2) is 0 Å². The van der Waals surface area contributed by atoms with Crippen molar-refractivity contribution in [2.24, 2.45) is 0 Å². The number of aromatic nitrogens is 3. The molecule has 0 aliphatic carbocycles. The van der Waals surface area contributed by atoms with Crippen LogP contribution < -0.4 is 0 Å². The van der Waals surface area contributed by atoms with Gasteiger partial charge in [-0.1, -0.05) is 78.9 Å². The second kappa shape index (κ2) is 8.05. The highest BCUT2D eigenvalue weighted by atomic mass is 15.0. The molecule has 0 aliphatic rings. The van der Waals surface area contributed by atoms with Crippen molar-refractivity contribution in [1.82, 2.24) is 14.0 Å². The maximum Gasteiger partial charge on any atom is 0.0640 e. The van der Waals surface area contributed by atoms with Gasteiger partial charge in [0.2, 0.25) is 0 Å². The Hall–Kier alpha value is -5.41. The predicted octanol–water partition coefficient (Wildman–Crippen LogP) is 9.56. The molecule has 0 saturated carbocycles. The van der Waals surface area contributed by atoms with Crippen LogP contribution in [0.2, 0.25) is 0 Å². The van der Waals surface area contributed by atoms with E-state index in [2.05, 4.69) is 141 Å². The first-order valence-corrected chi connectivity index (χ1v) is 13.6. The molecule has 0 bridgehead atoms. The Labute approximate surface area is 230 Å². The molecule has 0 fully saturated rings. The summed E-state index contributed by atoms with van der Waals surface area (Å²) in [4.78, 5) is 4.22. The zero-order valence-corrected chi connectivity index (χ0v) is 21.6. The summed E-state index contributed by atoms with van der Waals surface area (Å²) in [5.41, 5.74) is 9.62. The zero-order valence-electron chi connectivity index (χ0n) is 21.6. The Morgan fingerprint density at radius 3 is 2.02 bits per heavy atom. The third-order valence-corrected chi connectivity index (χ3v) is 8.36. The second-order valence-corrected chi connectivity index (χ2v) is 10.5. The molecule has 0 amide bonds. The average Bonchev–Trinajstić information content (AvgIpc) is 3.58. The van der Waals surface area contributed by atoms with Crippen LogP contribution in [0.3, 0.4) is 0 Å². The maximum atomic E-state index is 4.22. The van der Waals surface area contributed by atoms with Gasteiger partial charge in [-0.15, -0.1) is 0 Å². The first kappa shape index (κ1) is 21.5. The third kappa shape index (κ3) is 2.86. The van der Waals surface area contributed by atoms with Crippen LogP contribution in [0, 0.1) is 0 Å². The molecular formula is C37H23N3. The van der Waals surface area contributed by atoms with E-state index in [0.29, 0.717) is 0 Å². The largest absolute Gasteiger partial charge is 0.309 e. The lowest BCUT2D eigenvalue weighted by Crippen LogP contribution is -1.97. The van der Waals surface area contributed by atoms with Gasteiger partial charge in [-0.3, -0.25) is 4.98 Å². The van der Waals surface area contributed by atoms with Crippen molar-refractivity contribution in [2.75, 3.05) is 0 Å². The van der Waals surface area contributed by atoms with Crippen molar-refractivity contribution in [3.05, 3.63) is 140 Å². The molecule has 0 unspecified atom stereocenters. The molecular weight excluding hydrogens is 486 g/mol. The molecule has 0 N–H and O–H groups in total. The Bertz CT molecular complexity index is 2430. The highest BCUT2D eigenvalue weighted by Gasteiger charge is 2.20. The first-order chi connectivity index (χ1) is 19.9. The van der Waals surface area contributed by atoms with E-state index >= 15 is 0 Å². The zero-order chi connectivity index (χ0) is 26.2. The maximum absolute atomic E-state index is 4.22. The topological polar surface area (TPSA) is 22.2 Å². The third-order valence-electron chi connectivity index (χ3n) is 8.36. The van der Waals surface area contributed by atoms with Crippen LogP contribution in [-0.4, -0.2) is 14.0 Å². The number of hydrogen-bond acceptors (Lipinski definition) is 1. The molecule has 9 aromatic rings. The number of rotatable bonds is 2. The normalized spacial score (nSPS) is 12.0. The van der Waals surface area contributed by atoms with Crippen LogP contribution in [0.15, 0.2) is 140 Å². The molecule has 4 heterocycles. The SMILES string of the molecule is c1cc(-c2ccncc2)cc(-n2c3ccccc3c3ccc4c(c5ccccc5c5cc6ccccc6n54)c32)c1. The molecule has 0 spiro atoms. The summed E-state index contributed by atoms with van der Waals surface area (Å²) >= 11 is 0. The van der Waals surface area contributed by atoms with Gasteiger partial charge in [0.05, 0.1) is 27.6 Å². The minimum Gasteiger partial charge on any atom is -0.309 e. The second-order valence-electron chi connectivity index (χ2n) is 10.5. The molecule has 0 aliphatic heterocycles. The number of para-hydroxylation sites is 2. The van der Waals surface area contributed by atoms with E-state index in [1.165, 1.54) is 65.5 Å². The molecule has 3 nitrogen and oxygen atoms in total. The van der Waals surface area contributed by atoms with Gasteiger partial charge in [0, 0.05) is 45.0 Å². The van der Waals surface area contributed by atoms with E-state index in [9.17, 15) is 0 Å².